The van der Waals surface area contributed by atoms with Crippen LogP contribution in [0, 0.1) is 0 Å². The van der Waals surface area contributed by atoms with Crippen molar-refractivity contribution in [2.75, 3.05) is 0 Å². The number of hydrogen-bond acceptors (Lipinski definition) is 2. The van der Waals surface area contributed by atoms with Gasteiger partial charge in [0.25, 0.3) is 0 Å². The Hall–Kier alpha value is -0.630. The van der Waals surface area contributed by atoms with Gasteiger partial charge in [0.15, 0.2) is 0 Å². The van der Waals surface area contributed by atoms with E-state index in [0.29, 0.717) is 0 Å². The van der Waals surface area contributed by atoms with Crippen molar-refractivity contribution in [1.29, 1.82) is 0 Å². The third kappa shape index (κ3) is 0.793. The van der Waals surface area contributed by atoms with Gasteiger partial charge in [-0.25, -0.2) is 0 Å². The van der Waals surface area contributed by atoms with Crippen molar-refractivity contribution < 1.29 is 0 Å². The second-order valence-electron chi connectivity index (χ2n) is 2.10. The molecular formula is C7H7NS. The summed E-state index contributed by atoms with van der Waals surface area (Å²) in [6.07, 6.45) is 3.05. The average Bonchev–Trinajstić information content (AvgIpc) is 2.33. The van der Waals surface area contributed by atoms with Crippen LogP contribution in [0.2, 0.25) is 0 Å². The van der Waals surface area contributed by atoms with E-state index in [1.807, 2.05) is 17.6 Å². The predicted molar refractivity (Wildman–Crippen MR) is 40.2 cm³/mol. The molecule has 0 fully saturated rings. The lowest BCUT2D eigenvalue weighted by Crippen LogP contribution is -1.94. The van der Waals surface area contributed by atoms with Gasteiger partial charge in [0.05, 0.1) is 6.54 Å². The van der Waals surface area contributed by atoms with Crippen LogP contribution in [0.5, 0.6) is 0 Å². The Labute approximate surface area is 58.1 Å². The molecule has 1 aromatic heterocycles. The zero-order valence-electron chi connectivity index (χ0n) is 5.00. The second kappa shape index (κ2) is 1.95. The second-order valence-corrected chi connectivity index (χ2v) is 3.10. The van der Waals surface area contributed by atoms with Crippen molar-refractivity contribution in [3.05, 3.63) is 21.9 Å². The van der Waals surface area contributed by atoms with E-state index in [4.69, 9.17) is 0 Å². The highest BCUT2D eigenvalue weighted by molar-refractivity contribution is 7.10. The molecule has 9 heavy (non-hydrogen) atoms. The SMILES string of the molecule is C1=NCc2ccsc2C1. The molecule has 0 spiro atoms. The molecular weight excluding hydrogens is 130 g/mol. The number of rotatable bonds is 0. The first-order chi connectivity index (χ1) is 4.47. The number of thiophene rings is 1. The fourth-order valence-electron chi connectivity index (χ4n) is 0.997. The lowest BCUT2D eigenvalue weighted by molar-refractivity contribution is 1.03. The van der Waals surface area contributed by atoms with Crippen LogP contribution < -0.4 is 0 Å². The van der Waals surface area contributed by atoms with Crippen LogP contribution in [0.3, 0.4) is 0 Å². The molecule has 1 aliphatic heterocycles. The Bertz CT molecular complexity index is 214. The molecule has 2 rings (SSSR count). The molecule has 2 heteroatoms. The molecule has 0 aliphatic carbocycles. The molecule has 0 bridgehead atoms. The Morgan fingerprint density at radius 2 is 2.56 bits per heavy atom. The van der Waals surface area contributed by atoms with Gasteiger partial charge in [0.1, 0.15) is 0 Å². The summed E-state index contributed by atoms with van der Waals surface area (Å²) in [5.41, 5.74) is 1.42. The zero-order valence-corrected chi connectivity index (χ0v) is 5.82. The monoisotopic (exact) mass is 137 g/mol. The minimum atomic E-state index is 0.902. The number of nitrogens with zero attached hydrogens (tertiary/aromatic N) is 1. The maximum Gasteiger partial charge on any atom is 0.0646 e. The van der Waals surface area contributed by atoms with Gasteiger partial charge in [0.2, 0.25) is 0 Å². The topological polar surface area (TPSA) is 12.4 Å². The third-order valence-corrected chi connectivity index (χ3v) is 2.49. The molecule has 0 radical (unpaired) electrons. The van der Waals surface area contributed by atoms with Crippen LogP contribution in [-0.4, -0.2) is 6.21 Å². The van der Waals surface area contributed by atoms with Gasteiger partial charge in [-0.15, -0.1) is 11.3 Å². The Kier molecular flexibility index (Phi) is 1.12. The van der Waals surface area contributed by atoms with E-state index in [-0.39, 0.29) is 0 Å². The average molecular weight is 137 g/mol. The number of aliphatic imine (C=N–C) groups is 1. The van der Waals surface area contributed by atoms with Crippen molar-refractivity contribution in [1.82, 2.24) is 0 Å². The van der Waals surface area contributed by atoms with Gasteiger partial charge >= 0.3 is 0 Å². The van der Waals surface area contributed by atoms with Crippen LogP contribution in [0.25, 0.3) is 0 Å². The highest BCUT2D eigenvalue weighted by atomic mass is 32.1. The van der Waals surface area contributed by atoms with E-state index in [9.17, 15) is 0 Å². The molecule has 0 saturated heterocycles. The molecule has 1 aliphatic rings. The molecule has 0 atom stereocenters. The van der Waals surface area contributed by atoms with Gasteiger partial charge in [-0.1, -0.05) is 0 Å². The summed E-state index contributed by atoms with van der Waals surface area (Å²) in [6.45, 7) is 0.902. The van der Waals surface area contributed by atoms with Gasteiger partial charge in [-0.2, -0.15) is 0 Å². The van der Waals surface area contributed by atoms with Crippen LogP contribution in [-0.2, 0) is 13.0 Å². The summed E-state index contributed by atoms with van der Waals surface area (Å²) in [4.78, 5) is 5.66. The molecule has 0 aromatic carbocycles. The van der Waals surface area contributed by atoms with Gasteiger partial charge in [-0.3, -0.25) is 4.99 Å². The van der Waals surface area contributed by atoms with Crippen molar-refractivity contribution in [3.8, 4) is 0 Å². The van der Waals surface area contributed by atoms with Gasteiger partial charge in [0, 0.05) is 17.5 Å². The minimum absolute atomic E-state index is 0.902. The predicted octanol–water partition coefficient (Wildman–Crippen LogP) is 1.87. The quantitative estimate of drug-likeness (QED) is 0.517. The number of hydrogen-bond donors (Lipinski definition) is 0. The molecule has 1 nitrogen and oxygen atoms in total. The highest BCUT2D eigenvalue weighted by Crippen LogP contribution is 2.19. The van der Waals surface area contributed by atoms with Crippen molar-refractivity contribution >= 4 is 17.6 Å². The smallest absolute Gasteiger partial charge is 0.0646 e. The van der Waals surface area contributed by atoms with Gasteiger partial charge < -0.3 is 0 Å². The zero-order chi connectivity index (χ0) is 6.10. The molecule has 1 aromatic rings. The van der Waals surface area contributed by atoms with Crippen molar-refractivity contribution in [2.24, 2.45) is 4.99 Å². The maximum absolute atomic E-state index is 4.17. The van der Waals surface area contributed by atoms with E-state index in [1.54, 1.807) is 0 Å². The van der Waals surface area contributed by atoms with Crippen LogP contribution >= 0.6 is 11.3 Å². The number of fused-ring (bicyclic) bond motifs is 1. The lowest BCUT2D eigenvalue weighted by Gasteiger charge is -2.01. The fraction of sp³-hybridized carbons (Fsp3) is 0.286. The first-order valence-corrected chi connectivity index (χ1v) is 3.88. The van der Waals surface area contributed by atoms with Gasteiger partial charge in [-0.05, 0) is 17.0 Å². The van der Waals surface area contributed by atoms with E-state index in [0.717, 1.165) is 13.0 Å². The van der Waals surface area contributed by atoms with E-state index in [2.05, 4.69) is 16.4 Å². The summed E-state index contributed by atoms with van der Waals surface area (Å²) in [7, 11) is 0. The standard InChI is InChI=1S/C7H7NS/c1-3-8-5-6-2-4-9-7(1)6/h2-4H,1,5H2. The lowest BCUT2D eigenvalue weighted by atomic mass is 10.2. The summed E-state index contributed by atoms with van der Waals surface area (Å²) in [5.74, 6) is 0. The summed E-state index contributed by atoms with van der Waals surface area (Å²) in [6, 6.07) is 2.16. The van der Waals surface area contributed by atoms with E-state index < -0.39 is 0 Å². The van der Waals surface area contributed by atoms with E-state index in [1.165, 1.54) is 10.4 Å². The molecule has 0 saturated carbocycles. The first-order valence-electron chi connectivity index (χ1n) is 3.00. The molecule has 0 unspecified atom stereocenters. The first kappa shape index (κ1) is 5.18. The van der Waals surface area contributed by atoms with Crippen LogP contribution in [0.15, 0.2) is 16.4 Å². The fourth-order valence-corrected chi connectivity index (χ4v) is 1.85. The molecule has 0 amide bonds. The molecule has 46 valence electrons. The third-order valence-electron chi connectivity index (χ3n) is 1.51. The molecule has 2 heterocycles. The van der Waals surface area contributed by atoms with Crippen LogP contribution in [0.1, 0.15) is 10.4 Å². The Morgan fingerprint density at radius 3 is 3.44 bits per heavy atom. The van der Waals surface area contributed by atoms with E-state index >= 15 is 0 Å². The summed E-state index contributed by atoms with van der Waals surface area (Å²) < 4.78 is 0. The van der Waals surface area contributed by atoms with Crippen LogP contribution in [0.4, 0.5) is 0 Å². The normalized spacial score (nSPS) is 15.6. The van der Waals surface area contributed by atoms with Crippen molar-refractivity contribution in [3.63, 3.8) is 0 Å². The maximum atomic E-state index is 4.17. The highest BCUT2D eigenvalue weighted by Gasteiger charge is 2.04. The largest absolute Gasteiger partial charge is 0.292 e. The summed E-state index contributed by atoms with van der Waals surface area (Å²) in [5, 5.41) is 2.14. The Morgan fingerprint density at radius 1 is 1.56 bits per heavy atom. The minimum Gasteiger partial charge on any atom is -0.292 e. The Balaban J connectivity index is 2.46. The van der Waals surface area contributed by atoms with Crippen molar-refractivity contribution in [2.45, 2.75) is 13.0 Å². The summed E-state index contributed by atoms with van der Waals surface area (Å²) >= 11 is 1.83. The molecule has 0 N–H and O–H groups in total.